The summed E-state index contributed by atoms with van der Waals surface area (Å²) in [6, 6.07) is 5.70. The number of nitro groups is 1. The molecule has 6 heteroatoms. The molecule has 4 rings (SSSR count). The Kier molecular flexibility index (Phi) is 2.34. The normalized spacial score (nSPS) is 32.9. The summed E-state index contributed by atoms with van der Waals surface area (Å²) in [6.07, 6.45) is 4.91. The lowest BCUT2D eigenvalue weighted by Crippen LogP contribution is -2.32. The Morgan fingerprint density at radius 2 is 1.71 bits per heavy atom. The first kappa shape index (κ1) is 12.3. The maximum absolute atomic E-state index is 12.6. The minimum atomic E-state index is -0.527. The van der Waals surface area contributed by atoms with Gasteiger partial charge in [-0.1, -0.05) is 18.2 Å². The number of anilines is 1. The summed E-state index contributed by atoms with van der Waals surface area (Å²) in [5.41, 5.74) is 0.180. The molecule has 1 heterocycles. The third-order valence-corrected chi connectivity index (χ3v) is 4.77. The molecule has 4 unspecified atom stereocenters. The van der Waals surface area contributed by atoms with E-state index in [0.29, 0.717) is 5.69 Å². The molecule has 1 aromatic carbocycles. The second-order valence-electron chi connectivity index (χ2n) is 5.79. The van der Waals surface area contributed by atoms with E-state index < -0.39 is 4.92 Å². The monoisotopic (exact) mass is 284 g/mol. The van der Waals surface area contributed by atoms with Crippen molar-refractivity contribution in [1.82, 2.24) is 0 Å². The van der Waals surface area contributed by atoms with Crippen LogP contribution in [-0.4, -0.2) is 16.7 Å². The summed E-state index contributed by atoms with van der Waals surface area (Å²) in [7, 11) is 0. The number of hydrogen-bond donors (Lipinski definition) is 0. The zero-order valence-electron chi connectivity index (χ0n) is 11.0. The fourth-order valence-electron chi connectivity index (χ4n) is 3.90. The van der Waals surface area contributed by atoms with Crippen LogP contribution in [0.4, 0.5) is 11.4 Å². The lowest BCUT2D eigenvalue weighted by atomic mass is 9.85. The third-order valence-electron chi connectivity index (χ3n) is 4.77. The Balaban J connectivity index is 1.74. The van der Waals surface area contributed by atoms with Gasteiger partial charge in [-0.3, -0.25) is 19.7 Å². The highest BCUT2D eigenvalue weighted by Crippen LogP contribution is 2.53. The van der Waals surface area contributed by atoms with Crippen LogP contribution in [0.5, 0.6) is 0 Å². The predicted octanol–water partition coefficient (Wildman–Crippen LogP) is 1.91. The van der Waals surface area contributed by atoms with Gasteiger partial charge in [0.05, 0.1) is 22.4 Å². The van der Waals surface area contributed by atoms with Crippen molar-refractivity contribution in [3.8, 4) is 0 Å². The van der Waals surface area contributed by atoms with E-state index in [9.17, 15) is 19.7 Å². The van der Waals surface area contributed by atoms with Gasteiger partial charge in [-0.25, -0.2) is 4.90 Å². The van der Waals surface area contributed by atoms with E-state index in [0.717, 1.165) is 11.3 Å². The molecule has 2 amide bonds. The number of fused-ring (bicyclic) bond motifs is 5. The molecular weight excluding hydrogens is 272 g/mol. The van der Waals surface area contributed by atoms with Crippen molar-refractivity contribution < 1.29 is 14.5 Å². The van der Waals surface area contributed by atoms with E-state index in [1.807, 2.05) is 12.2 Å². The van der Waals surface area contributed by atoms with Gasteiger partial charge in [0, 0.05) is 12.1 Å². The summed E-state index contributed by atoms with van der Waals surface area (Å²) in [6.45, 7) is 0. The Hall–Kier alpha value is -2.50. The van der Waals surface area contributed by atoms with E-state index in [4.69, 9.17) is 0 Å². The van der Waals surface area contributed by atoms with Crippen LogP contribution in [0, 0.1) is 33.8 Å². The van der Waals surface area contributed by atoms with Crippen LogP contribution in [-0.2, 0) is 9.59 Å². The fraction of sp³-hybridized carbons (Fsp3) is 0.333. The van der Waals surface area contributed by atoms with Crippen molar-refractivity contribution in [3.05, 3.63) is 46.5 Å². The van der Waals surface area contributed by atoms with Crippen molar-refractivity contribution in [1.29, 1.82) is 0 Å². The van der Waals surface area contributed by atoms with Crippen molar-refractivity contribution in [3.63, 3.8) is 0 Å². The van der Waals surface area contributed by atoms with E-state index in [2.05, 4.69) is 0 Å². The third kappa shape index (κ3) is 1.53. The minimum Gasteiger partial charge on any atom is -0.274 e. The molecule has 1 aromatic rings. The maximum Gasteiger partial charge on any atom is 0.271 e. The van der Waals surface area contributed by atoms with Crippen LogP contribution in [0.15, 0.2) is 36.4 Å². The van der Waals surface area contributed by atoms with Crippen LogP contribution in [0.2, 0.25) is 0 Å². The van der Waals surface area contributed by atoms with E-state index in [-0.39, 0.29) is 41.2 Å². The molecule has 1 saturated carbocycles. The first-order valence-electron chi connectivity index (χ1n) is 6.88. The van der Waals surface area contributed by atoms with Gasteiger partial charge in [0.15, 0.2) is 0 Å². The van der Waals surface area contributed by atoms with Crippen molar-refractivity contribution in [2.24, 2.45) is 23.7 Å². The summed E-state index contributed by atoms with van der Waals surface area (Å²) in [5, 5.41) is 10.8. The Bertz CT molecular complexity index is 681. The van der Waals surface area contributed by atoms with Gasteiger partial charge in [0.2, 0.25) is 11.8 Å². The number of imide groups is 1. The molecule has 1 saturated heterocycles. The molecule has 21 heavy (non-hydrogen) atoms. The standard InChI is InChI=1S/C15H12N2O4/c18-14-12-8-4-5-9(6-8)13(12)15(19)16(14)10-2-1-3-11(7-10)17(20)21/h1-5,7-9,12-13H,6H2. The number of nitro benzene ring substituents is 1. The highest BCUT2D eigenvalue weighted by atomic mass is 16.6. The molecule has 0 radical (unpaired) electrons. The Morgan fingerprint density at radius 3 is 2.29 bits per heavy atom. The first-order valence-corrected chi connectivity index (χ1v) is 6.88. The summed E-state index contributed by atoms with van der Waals surface area (Å²) < 4.78 is 0. The van der Waals surface area contributed by atoms with Crippen LogP contribution in [0.3, 0.4) is 0 Å². The molecule has 0 N–H and O–H groups in total. The summed E-state index contributed by atoms with van der Waals surface area (Å²) in [5.74, 6) is -0.733. The van der Waals surface area contributed by atoms with Gasteiger partial charge in [-0.2, -0.15) is 0 Å². The number of amides is 2. The van der Waals surface area contributed by atoms with E-state index in [1.165, 1.54) is 18.2 Å². The number of benzene rings is 1. The summed E-state index contributed by atoms with van der Waals surface area (Å²) in [4.78, 5) is 36.6. The average Bonchev–Trinajstić information content (AvgIpc) is 3.13. The minimum absolute atomic E-state index is 0.119. The van der Waals surface area contributed by atoms with Gasteiger partial charge < -0.3 is 0 Å². The predicted molar refractivity (Wildman–Crippen MR) is 73.3 cm³/mol. The number of carbonyl (C=O) groups is 2. The second kappa shape index (κ2) is 4.00. The molecule has 2 fully saturated rings. The van der Waals surface area contributed by atoms with Gasteiger partial charge >= 0.3 is 0 Å². The molecule has 6 nitrogen and oxygen atoms in total. The number of hydrogen-bond acceptors (Lipinski definition) is 4. The zero-order valence-corrected chi connectivity index (χ0v) is 11.0. The lowest BCUT2D eigenvalue weighted by molar-refractivity contribution is -0.384. The van der Waals surface area contributed by atoms with Crippen LogP contribution in [0.1, 0.15) is 6.42 Å². The average molecular weight is 284 g/mol. The molecule has 0 spiro atoms. The molecule has 106 valence electrons. The maximum atomic E-state index is 12.6. The SMILES string of the molecule is O=C1C2C3C=CC(C3)C2C(=O)N1c1cccc([N+](=O)[O-])c1. The quantitative estimate of drug-likeness (QED) is 0.359. The van der Waals surface area contributed by atoms with Gasteiger partial charge in [-0.05, 0) is 24.3 Å². The van der Waals surface area contributed by atoms with Crippen molar-refractivity contribution >= 4 is 23.2 Å². The molecular formula is C15H12N2O4. The number of nitrogens with zero attached hydrogens (tertiary/aromatic N) is 2. The van der Waals surface area contributed by atoms with Gasteiger partial charge in [0.1, 0.15) is 0 Å². The second-order valence-corrected chi connectivity index (χ2v) is 5.79. The van der Waals surface area contributed by atoms with Gasteiger partial charge in [0.25, 0.3) is 5.69 Å². The molecule has 3 aliphatic rings. The summed E-state index contributed by atoms with van der Waals surface area (Å²) >= 11 is 0. The van der Waals surface area contributed by atoms with E-state index >= 15 is 0 Å². The lowest BCUT2D eigenvalue weighted by Gasteiger charge is -2.16. The number of rotatable bonds is 2. The molecule has 0 aromatic heterocycles. The molecule has 2 aliphatic carbocycles. The van der Waals surface area contributed by atoms with Crippen molar-refractivity contribution in [2.75, 3.05) is 4.90 Å². The topological polar surface area (TPSA) is 80.5 Å². The zero-order chi connectivity index (χ0) is 14.7. The van der Waals surface area contributed by atoms with Crippen molar-refractivity contribution in [2.45, 2.75) is 6.42 Å². The molecule has 1 aliphatic heterocycles. The Morgan fingerprint density at radius 1 is 1.10 bits per heavy atom. The van der Waals surface area contributed by atoms with Crippen LogP contribution >= 0.6 is 0 Å². The Labute approximate surface area is 120 Å². The van der Waals surface area contributed by atoms with Crippen LogP contribution in [0.25, 0.3) is 0 Å². The number of carbonyl (C=O) groups excluding carboxylic acids is 2. The number of non-ortho nitro benzene ring substituents is 1. The highest BCUT2D eigenvalue weighted by molar-refractivity contribution is 6.22. The molecule has 4 atom stereocenters. The van der Waals surface area contributed by atoms with Gasteiger partial charge in [-0.15, -0.1) is 0 Å². The smallest absolute Gasteiger partial charge is 0.271 e. The number of allylic oxidation sites excluding steroid dienone is 2. The fourth-order valence-corrected chi connectivity index (χ4v) is 3.90. The first-order chi connectivity index (χ1) is 10.1. The molecule has 2 bridgehead atoms. The largest absolute Gasteiger partial charge is 0.274 e. The highest BCUT2D eigenvalue weighted by Gasteiger charge is 2.59. The van der Waals surface area contributed by atoms with Crippen LogP contribution < -0.4 is 4.90 Å². The van der Waals surface area contributed by atoms with E-state index in [1.54, 1.807) is 6.07 Å².